The van der Waals surface area contributed by atoms with Crippen LogP contribution in [0.4, 0.5) is 0 Å². The molecule has 0 atom stereocenters. The molecule has 0 N–H and O–H groups in total. The van der Waals surface area contributed by atoms with Gasteiger partial charge in [0.05, 0.1) is 22.5 Å². The van der Waals surface area contributed by atoms with Crippen LogP contribution in [0, 0.1) is 11.3 Å². The molecule has 14 heavy (non-hydrogen) atoms. The number of halogens is 1. The maximum Gasteiger partial charge on any atom is 0.143 e. The van der Waals surface area contributed by atoms with Crippen molar-refractivity contribution >= 4 is 37.4 Å². The summed E-state index contributed by atoms with van der Waals surface area (Å²) >= 11 is 4.95. The second-order valence-electron chi connectivity index (χ2n) is 2.71. The number of methoxy groups -OCH3 is 1. The second-order valence-corrected chi connectivity index (χ2v) is 4.48. The van der Waals surface area contributed by atoms with Crippen LogP contribution in [0.15, 0.2) is 22.0 Å². The highest BCUT2D eigenvalue weighted by Crippen LogP contribution is 2.38. The minimum Gasteiger partial charge on any atom is -0.495 e. The largest absolute Gasteiger partial charge is 0.495 e. The van der Waals surface area contributed by atoms with Crippen LogP contribution < -0.4 is 4.74 Å². The number of benzene rings is 1. The van der Waals surface area contributed by atoms with Crippen LogP contribution in [0.3, 0.4) is 0 Å². The number of nitrogens with zero attached hydrogens (tertiary/aromatic N) is 1. The van der Waals surface area contributed by atoms with Crippen molar-refractivity contribution in [2.45, 2.75) is 0 Å². The first kappa shape index (κ1) is 9.50. The van der Waals surface area contributed by atoms with E-state index in [1.54, 1.807) is 18.4 Å². The van der Waals surface area contributed by atoms with Crippen LogP contribution >= 0.6 is 27.3 Å². The van der Waals surface area contributed by atoms with Gasteiger partial charge in [0.25, 0.3) is 0 Å². The molecule has 0 aliphatic heterocycles. The van der Waals surface area contributed by atoms with E-state index in [-0.39, 0.29) is 0 Å². The maximum atomic E-state index is 8.92. The molecule has 2 rings (SSSR count). The van der Waals surface area contributed by atoms with Crippen LogP contribution in [0.5, 0.6) is 5.75 Å². The Bertz CT molecular complexity index is 527. The summed E-state index contributed by atoms with van der Waals surface area (Å²) in [5.74, 6) is 0.736. The Morgan fingerprint density at radius 2 is 2.29 bits per heavy atom. The lowest BCUT2D eigenvalue weighted by Gasteiger charge is -2.04. The van der Waals surface area contributed by atoms with E-state index in [9.17, 15) is 0 Å². The molecular formula is C10H6BrNOS. The standard InChI is InChI=1S/C10H6BrNOS/c1-13-10-7(11)2-3-8-9(10)6(4-12)5-14-8/h2-3,5H,1H3. The predicted octanol–water partition coefficient (Wildman–Crippen LogP) is 3.54. The Morgan fingerprint density at radius 3 is 2.93 bits per heavy atom. The van der Waals surface area contributed by atoms with Gasteiger partial charge in [-0.2, -0.15) is 5.26 Å². The first-order valence-electron chi connectivity index (χ1n) is 3.91. The quantitative estimate of drug-likeness (QED) is 0.792. The molecule has 1 aromatic carbocycles. The van der Waals surface area contributed by atoms with Crippen LogP contribution in [0.2, 0.25) is 0 Å². The lowest BCUT2D eigenvalue weighted by Crippen LogP contribution is -1.85. The van der Waals surface area contributed by atoms with Crippen molar-refractivity contribution in [3.63, 3.8) is 0 Å². The monoisotopic (exact) mass is 267 g/mol. The number of hydrogen-bond donors (Lipinski definition) is 0. The molecule has 0 saturated heterocycles. The Hall–Kier alpha value is -1.05. The van der Waals surface area contributed by atoms with Crippen molar-refractivity contribution in [2.75, 3.05) is 7.11 Å². The summed E-state index contributed by atoms with van der Waals surface area (Å²) in [6.07, 6.45) is 0. The zero-order valence-corrected chi connectivity index (χ0v) is 9.78. The fraction of sp³-hybridized carbons (Fsp3) is 0.100. The van der Waals surface area contributed by atoms with Crippen LogP contribution in [-0.4, -0.2) is 7.11 Å². The summed E-state index contributed by atoms with van der Waals surface area (Å²) in [5, 5.41) is 11.7. The third kappa shape index (κ3) is 1.29. The molecule has 0 aliphatic rings. The summed E-state index contributed by atoms with van der Waals surface area (Å²) in [6.45, 7) is 0. The minimum absolute atomic E-state index is 0.670. The SMILES string of the molecule is COc1c(Br)ccc2scc(C#N)c12. The van der Waals surface area contributed by atoms with Gasteiger partial charge in [0.1, 0.15) is 11.8 Å². The van der Waals surface area contributed by atoms with Gasteiger partial charge < -0.3 is 4.74 Å². The lowest BCUT2D eigenvalue weighted by molar-refractivity contribution is 0.417. The summed E-state index contributed by atoms with van der Waals surface area (Å²) in [6, 6.07) is 6.07. The third-order valence-corrected chi connectivity index (χ3v) is 3.54. The molecule has 0 spiro atoms. The van der Waals surface area contributed by atoms with Gasteiger partial charge in [0.15, 0.2) is 0 Å². The molecular weight excluding hydrogens is 262 g/mol. The first-order chi connectivity index (χ1) is 6.77. The number of thiophene rings is 1. The molecule has 0 fully saturated rings. The Morgan fingerprint density at radius 1 is 1.50 bits per heavy atom. The number of nitriles is 1. The summed E-state index contributed by atoms with van der Waals surface area (Å²) < 4.78 is 7.22. The topological polar surface area (TPSA) is 33.0 Å². The van der Waals surface area contributed by atoms with Crippen molar-refractivity contribution in [2.24, 2.45) is 0 Å². The van der Waals surface area contributed by atoms with Crippen LogP contribution in [0.25, 0.3) is 10.1 Å². The van der Waals surface area contributed by atoms with E-state index in [0.717, 1.165) is 20.3 Å². The lowest BCUT2D eigenvalue weighted by atomic mass is 10.2. The zero-order chi connectivity index (χ0) is 10.1. The van der Waals surface area contributed by atoms with E-state index >= 15 is 0 Å². The molecule has 1 aromatic heterocycles. The second kappa shape index (κ2) is 3.60. The van der Waals surface area contributed by atoms with Crippen molar-refractivity contribution in [1.29, 1.82) is 5.26 Å². The molecule has 0 radical (unpaired) electrons. The highest BCUT2D eigenvalue weighted by atomic mass is 79.9. The minimum atomic E-state index is 0.670. The van der Waals surface area contributed by atoms with E-state index in [4.69, 9.17) is 10.00 Å². The Labute approximate surface area is 93.9 Å². The number of hydrogen-bond acceptors (Lipinski definition) is 3. The van der Waals surface area contributed by atoms with Crippen molar-refractivity contribution < 1.29 is 4.74 Å². The molecule has 2 nitrogen and oxygen atoms in total. The predicted molar refractivity (Wildman–Crippen MR) is 60.8 cm³/mol. The Balaban J connectivity index is 2.90. The number of fused-ring (bicyclic) bond motifs is 1. The number of ether oxygens (including phenoxy) is 1. The average Bonchev–Trinajstić information content (AvgIpc) is 2.61. The molecule has 0 unspecified atom stereocenters. The zero-order valence-electron chi connectivity index (χ0n) is 7.37. The smallest absolute Gasteiger partial charge is 0.143 e. The van der Waals surface area contributed by atoms with Crippen molar-refractivity contribution in [3.05, 3.63) is 27.5 Å². The van der Waals surface area contributed by atoms with Crippen molar-refractivity contribution in [1.82, 2.24) is 0 Å². The van der Waals surface area contributed by atoms with Gasteiger partial charge in [-0.1, -0.05) is 0 Å². The van der Waals surface area contributed by atoms with Crippen LogP contribution in [0.1, 0.15) is 5.56 Å². The Kier molecular flexibility index (Phi) is 2.44. The van der Waals surface area contributed by atoms with E-state index in [1.807, 2.05) is 17.5 Å². The molecule has 0 saturated carbocycles. The highest BCUT2D eigenvalue weighted by Gasteiger charge is 2.11. The van der Waals surface area contributed by atoms with Gasteiger partial charge in [-0.15, -0.1) is 11.3 Å². The molecule has 4 heteroatoms. The third-order valence-electron chi connectivity index (χ3n) is 1.97. The molecule has 1 heterocycles. The molecule has 0 bridgehead atoms. The van der Waals surface area contributed by atoms with Gasteiger partial charge in [0, 0.05) is 10.1 Å². The first-order valence-corrected chi connectivity index (χ1v) is 5.59. The highest BCUT2D eigenvalue weighted by molar-refractivity contribution is 9.10. The fourth-order valence-corrected chi connectivity index (χ4v) is 2.73. The summed E-state index contributed by atoms with van der Waals surface area (Å²) in [5.41, 5.74) is 0.670. The van der Waals surface area contributed by atoms with Gasteiger partial charge in [-0.25, -0.2) is 0 Å². The molecule has 2 aromatic rings. The normalized spacial score (nSPS) is 10.1. The van der Waals surface area contributed by atoms with Crippen LogP contribution in [-0.2, 0) is 0 Å². The van der Waals surface area contributed by atoms with Gasteiger partial charge in [-0.3, -0.25) is 0 Å². The van der Waals surface area contributed by atoms with E-state index in [0.29, 0.717) is 5.56 Å². The average molecular weight is 268 g/mol. The fourth-order valence-electron chi connectivity index (χ4n) is 1.36. The summed E-state index contributed by atoms with van der Waals surface area (Å²) in [4.78, 5) is 0. The van der Waals surface area contributed by atoms with E-state index < -0.39 is 0 Å². The molecule has 70 valence electrons. The van der Waals surface area contributed by atoms with Gasteiger partial charge in [-0.05, 0) is 28.1 Å². The summed E-state index contributed by atoms with van der Waals surface area (Å²) in [7, 11) is 1.61. The molecule has 0 aliphatic carbocycles. The van der Waals surface area contributed by atoms with E-state index in [2.05, 4.69) is 22.0 Å². The van der Waals surface area contributed by atoms with Crippen molar-refractivity contribution in [3.8, 4) is 11.8 Å². The molecule has 0 amide bonds. The van der Waals surface area contributed by atoms with Gasteiger partial charge >= 0.3 is 0 Å². The maximum absolute atomic E-state index is 8.92. The van der Waals surface area contributed by atoms with E-state index in [1.165, 1.54) is 0 Å². The number of rotatable bonds is 1. The van der Waals surface area contributed by atoms with Gasteiger partial charge in [0.2, 0.25) is 0 Å².